The molecule has 12 amide bonds. The molecule has 4 saturated heterocycles. The average Bonchev–Trinajstić information content (AvgIpc) is 4.04. The van der Waals surface area contributed by atoms with E-state index in [1.807, 2.05) is 60.7 Å². The van der Waals surface area contributed by atoms with E-state index in [0.717, 1.165) is 15.6 Å². The van der Waals surface area contributed by atoms with Crippen LogP contribution in [-0.4, -0.2) is 73.9 Å². The van der Waals surface area contributed by atoms with Crippen molar-refractivity contribution in [3.63, 3.8) is 0 Å². The van der Waals surface area contributed by atoms with Gasteiger partial charge in [0, 0.05) is 30.7 Å². The van der Waals surface area contributed by atoms with Crippen LogP contribution in [0.2, 0.25) is 0 Å². The third-order valence-electron chi connectivity index (χ3n) is 11.4. The first-order valence-electron chi connectivity index (χ1n) is 20.6. The van der Waals surface area contributed by atoms with Gasteiger partial charge in [-0.1, -0.05) is 125 Å². The molecule has 4 atom stereocenters. The Hall–Kier alpha value is -7.89. The second-order valence-electron chi connectivity index (χ2n) is 15.4. The SMILES string of the molecule is NCC1(c2ccc(-c3ccccc3)cc2)NC(=O)NC1=O.NCC1(c2ccc(Br)cc2)NC(=O)NC1=O.NCC1(c2ccc(F)cc2)NC(=O)NC1=O.NCC1(c2ccccc2)NC(=O)NC1=O. The lowest BCUT2D eigenvalue weighted by atomic mass is 9.89. The number of rotatable bonds is 9. The quantitative estimate of drug-likeness (QED) is 0.0930. The maximum absolute atomic E-state index is 12.8. The highest BCUT2D eigenvalue weighted by atomic mass is 79.9. The van der Waals surface area contributed by atoms with Gasteiger partial charge in [-0.2, -0.15) is 0 Å². The van der Waals surface area contributed by atoms with Crippen molar-refractivity contribution in [2.75, 3.05) is 26.2 Å². The Morgan fingerprint density at radius 3 is 0.926 bits per heavy atom. The van der Waals surface area contributed by atoms with Gasteiger partial charge in [-0.25, -0.2) is 23.6 Å². The van der Waals surface area contributed by atoms with Crippen LogP contribution < -0.4 is 65.5 Å². The lowest BCUT2D eigenvalue weighted by Gasteiger charge is -2.24. The van der Waals surface area contributed by atoms with Crippen LogP contribution in [-0.2, 0) is 41.3 Å². The second kappa shape index (κ2) is 20.7. The van der Waals surface area contributed by atoms with Crippen LogP contribution >= 0.6 is 15.9 Å². The molecule has 352 valence electrons. The van der Waals surface area contributed by atoms with E-state index in [1.165, 1.54) is 24.3 Å². The largest absolute Gasteiger partial charge is 0.327 e. The number of nitrogens with one attached hydrogen (secondary N) is 8. The summed E-state index contributed by atoms with van der Waals surface area (Å²) in [5.74, 6) is -2.17. The van der Waals surface area contributed by atoms with Gasteiger partial charge in [0.05, 0.1) is 0 Å². The van der Waals surface area contributed by atoms with E-state index < -0.39 is 75.7 Å². The smallest absolute Gasteiger partial charge is 0.322 e. The first-order chi connectivity index (χ1) is 32.5. The highest BCUT2D eigenvalue weighted by Gasteiger charge is 2.49. The zero-order valence-electron chi connectivity index (χ0n) is 35.9. The van der Waals surface area contributed by atoms with Crippen molar-refractivity contribution in [1.29, 1.82) is 0 Å². The Bertz CT molecular complexity index is 2640. The fourth-order valence-corrected chi connectivity index (χ4v) is 7.86. The Balaban J connectivity index is 0.000000151. The predicted molar refractivity (Wildman–Crippen MR) is 248 cm³/mol. The summed E-state index contributed by atoms with van der Waals surface area (Å²) in [6.45, 7) is -0.0216. The normalized spacial score (nSPS) is 23.3. The van der Waals surface area contributed by atoms with Crippen LogP contribution in [0.1, 0.15) is 22.3 Å². The number of carbonyl (C=O) groups is 8. The summed E-state index contributed by atoms with van der Waals surface area (Å²) in [6, 6.07) is 36.6. The second-order valence-corrected chi connectivity index (χ2v) is 16.3. The van der Waals surface area contributed by atoms with Gasteiger partial charge in [-0.3, -0.25) is 40.4 Å². The average molecular weight is 994 g/mol. The fourth-order valence-electron chi connectivity index (χ4n) is 7.60. The molecule has 0 aromatic heterocycles. The molecule has 22 heteroatoms. The maximum Gasteiger partial charge on any atom is 0.322 e. The molecule has 5 aromatic rings. The minimum absolute atomic E-state index is 0.00918. The van der Waals surface area contributed by atoms with Crippen molar-refractivity contribution in [1.82, 2.24) is 42.5 Å². The number of benzene rings is 5. The highest BCUT2D eigenvalue weighted by Crippen LogP contribution is 2.29. The van der Waals surface area contributed by atoms with Gasteiger partial charge in [0.2, 0.25) is 0 Å². The zero-order chi connectivity index (χ0) is 49.3. The van der Waals surface area contributed by atoms with Crippen LogP contribution in [0.4, 0.5) is 23.6 Å². The number of carbonyl (C=O) groups excluding carboxylic acids is 8. The number of urea groups is 4. The predicted octanol–water partition coefficient (Wildman–Crippen LogP) is 1.29. The minimum Gasteiger partial charge on any atom is -0.327 e. The van der Waals surface area contributed by atoms with E-state index in [1.54, 1.807) is 48.5 Å². The van der Waals surface area contributed by atoms with Crippen molar-refractivity contribution >= 4 is 63.7 Å². The van der Waals surface area contributed by atoms with Crippen molar-refractivity contribution in [3.05, 3.63) is 166 Å². The van der Waals surface area contributed by atoms with Gasteiger partial charge in [-0.15, -0.1) is 0 Å². The van der Waals surface area contributed by atoms with E-state index in [-0.39, 0.29) is 26.2 Å². The molecule has 4 aliphatic rings. The van der Waals surface area contributed by atoms with Gasteiger partial charge in [0.15, 0.2) is 22.2 Å². The first-order valence-corrected chi connectivity index (χ1v) is 21.4. The molecular weight excluding hydrogens is 947 g/mol. The Morgan fingerprint density at radius 1 is 0.368 bits per heavy atom. The first kappa shape index (κ1) is 49.5. The Morgan fingerprint density at radius 2 is 0.632 bits per heavy atom. The lowest BCUT2D eigenvalue weighted by Crippen LogP contribution is -2.49. The molecule has 5 aromatic carbocycles. The monoisotopic (exact) mass is 992 g/mol. The zero-order valence-corrected chi connectivity index (χ0v) is 37.4. The van der Waals surface area contributed by atoms with E-state index in [0.29, 0.717) is 22.3 Å². The van der Waals surface area contributed by atoms with Crippen molar-refractivity contribution in [2.24, 2.45) is 22.9 Å². The number of amides is 12. The lowest BCUT2D eigenvalue weighted by molar-refractivity contribution is -0.124. The van der Waals surface area contributed by atoms with E-state index in [9.17, 15) is 42.7 Å². The summed E-state index contributed by atoms with van der Waals surface area (Å²) in [5, 5.41) is 18.9. The molecular formula is C46H46BrFN12O8. The summed E-state index contributed by atoms with van der Waals surface area (Å²) in [6.07, 6.45) is 0. The molecule has 4 aliphatic heterocycles. The van der Waals surface area contributed by atoms with Crippen LogP contribution in [0.15, 0.2) is 138 Å². The molecule has 20 nitrogen and oxygen atoms in total. The minimum atomic E-state index is -1.29. The van der Waals surface area contributed by atoms with Gasteiger partial charge in [0.25, 0.3) is 23.6 Å². The number of nitrogens with two attached hydrogens (primary N) is 4. The molecule has 9 rings (SSSR count). The molecule has 0 bridgehead atoms. The van der Waals surface area contributed by atoms with Crippen LogP contribution in [0, 0.1) is 5.82 Å². The third kappa shape index (κ3) is 9.94. The summed E-state index contributed by atoms with van der Waals surface area (Å²) < 4.78 is 13.7. The molecule has 4 fully saturated rings. The number of imide groups is 4. The summed E-state index contributed by atoms with van der Waals surface area (Å²) in [4.78, 5) is 91.8. The van der Waals surface area contributed by atoms with Crippen LogP contribution in [0.5, 0.6) is 0 Å². The molecule has 0 radical (unpaired) electrons. The number of hydrogen-bond donors (Lipinski definition) is 12. The van der Waals surface area contributed by atoms with Gasteiger partial charge < -0.3 is 44.2 Å². The number of hydrogen-bond acceptors (Lipinski definition) is 12. The Kier molecular flexibility index (Phi) is 15.1. The van der Waals surface area contributed by atoms with Gasteiger partial charge in [0.1, 0.15) is 5.82 Å². The highest BCUT2D eigenvalue weighted by molar-refractivity contribution is 9.10. The molecule has 0 spiro atoms. The maximum atomic E-state index is 12.8. The summed E-state index contributed by atoms with van der Waals surface area (Å²) >= 11 is 3.30. The third-order valence-corrected chi connectivity index (χ3v) is 11.9. The Labute approximate surface area is 396 Å². The summed E-state index contributed by atoms with van der Waals surface area (Å²) in [5.41, 5.74) is 22.3. The molecule has 0 saturated carbocycles. The van der Waals surface area contributed by atoms with Crippen LogP contribution in [0.3, 0.4) is 0 Å². The molecule has 16 N–H and O–H groups in total. The van der Waals surface area contributed by atoms with E-state index in [2.05, 4.69) is 58.5 Å². The van der Waals surface area contributed by atoms with Crippen molar-refractivity contribution in [3.8, 4) is 11.1 Å². The standard InChI is InChI=1S/C16H15N3O2.C10H10BrN3O2.C10H10FN3O2.C10H11N3O2/c17-10-16(14(20)18-15(21)19-16)13-8-6-12(7-9-13)11-4-2-1-3-5-11;2*11-7-3-1-6(2-4-7)10(5-12)8(15)13-9(16)14-10;11-6-10(7-4-2-1-3-5-7)8(14)12-9(15)13-10/h1-9H,10,17H2,(H2,18,19,20,21);2*1-4H,5,12H2,(H2,13,14,15,16);1-5H,6,11H2,(H2,12,13,14,15). The molecule has 68 heavy (non-hydrogen) atoms. The van der Waals surface area contributed by atoms with Crippen LogP contribution in [0.25, 0.3) is 11.1 Å². The fraction of sp³-hybridized carbons (Fsp3) is 0.174. The van der Waals surface area contributed by atoms with Gasteiger partial charge in [-0.05, 0) is 57.6 Å². The summed E-state index contributed by atoms with van der Waals surface area (Å²) in [7, 11) is 0. The van der Waals surface area contributed by atoms with E-state index >= 15 is 0 Å². The van der Waals surface area contributed by atoms with E-state index in [4.69, 9.17) is 22.9 Å². The molecule has 4 heterocycles. The van der Waals surface area contributed by atoms with Crippen molar-refractivity contribution in [2.45, 2.75) is 22.2 Å². The molecule has 0 aliphatic carbocycles. The van der Waals surface area contributed by atoms with Crippen molar-refractivity contribution < 1.29 is 42.7 Å². The number of halogens is 2. The molecule has 4 unspecified atom stereocenters. The topological polar surface area (TPSA) is 337 Å². The van der Waals surface area contributed by atoms with Gasteiger partial charge >= 0.3 is 24.1 Å².